The summed E-state index contributed by atoms with van der Waals surface area (Å²) in [6, 6.07) is -1.54. The van der Waals surface area contributed by atoms with Crippen molar-refractivity contribution in [1.82, 2.24) is 4.90 Å². The van der Waals surface area contributed by atoms with E-state index in [-0.39, 0.29) is 17.5 Å². The molecular weight excluding hydrogens is 395 g/mol. The summed E-state index contributed by atoms with van der Waals surface area (Å²) in [6.45, 7) is 2.11. The zero-order valence-electron chi connectivity index (χ0n) is 14.0. The molecule has 2 heterocycles. The van der Waals surface area contributed by atoms with E-state index in [1.165, 1.54) is 12.8 Å². The Kier molecular flexibility index (Phi) is 8.77. The Hall–Kier alpha value is -1.62. The lowest BCUT2D eigenvalue weighted by molar-refractivity contribution is -0.159. The molecule has 0 spiro atoms. The fourth-order valence-corrected chi connectivity index (χ4v) is 2.76. The molecule has 12 heteroatoms. The van der Waals surface area contributed by atoms with E-state index < -0.39 is 48.4 Å². The van der Waals surface area contributed by atoms with Gasteiger partial charge in [-0.3, -0.25) is 9.59 Å². The Morgan fingerprint density at radius 3 is 2.08 bits per heavy atom. The van der Waals surface area contributed by atoms with Crippen molar-refractivity contribution < 1.29 is 39.2 Å². The van der Waals surface area contributed by atoms with Crippen LogP contribution in [-0.4, -0.2) is 73.8 Å². The molecule has 0 aromatic rings. The van der Waals surface area contributed by atoms with E-state index in [4.69, 9.17) is 37.4 Å². The maximum absolute atomic E-state index is 11.2. The van der Waals surface area contributed by atoms with Gasteiger partial charge in [-0.25, -0.2) is 9.59 Å². The average molecular weight is 417 g/mol. The lowest BCUT2D eigenvalue weighted by atomic mass is 9.98. The minimum absolute atomic E-state index is 0. The first-order chi connectivity index (χ1) is 11.4. The first-order valence-electron chi connectivity index (χ1n) is 7.51. The third kappa shape index (κ3) is 6.27. The number of hydrogen-bond acceptors (Lipinski definition) is 6. The molecule has 2 aliphatic heterocycles. The van der Waals surface area contributed by atoms with Crippen molar-refractivity contribution in [3.05, 3.63) is 0 Å². The highest BCUT2D eigenvalue weighted by atomic mass is 35.5. The summed E-state index contributed by atoms with van der Waals surface area (Å²) in [5, 5.41) is 25.7. The van der Waals surface area contributed by atoms with E-state index in [2.05, 4.69) is 0 Å². The van der Waals surface area contributed by atoms with Crippen molar-refractivity contribution in [3.8, 4) is 0 Å². The topological polar surface area (TPSA) is 167 Å². The van der Waals surface area contributed by atoms with E-state index >= 15 is 0 Å². The number of carboxylic acid groups (broad SMARTS) is 3. The van der Waals surface area contributed by atoms with Gasteiger partial charge in [0.25, 0.3) is 0 Å². The van der Waals surface area contributed by atoms with Gasteiger partial charge in [0.1, 0.15) is 16.6 Å². The van der Waals surface area contributed by atoms with Crippen LogP contribution in [0.4, 0.5) is 0 Å². The predicted octanol–water partition coefficient (Wildman–Crippen LogP) is 0.102. The van der Waals surface area contributed by atoms with Gasteiger partial charge in [0.2, 0.25) is 0 Å². The van der Waals surface area contributed by atoms with Crippen LogP contribution >= 0.6 is 24.0 Å². The lowest BCUT2D eigenvalue weighted by Gasteiger charge is -2.26. The smallest absolute Gasteiger partial charge is 0.394 e. The zero-order chi connectivity index (χ0) is 19.4. The van der Waals surface area contributed by atoms with E-state index in [0.29, 0.717) is 4.90 Å². The molecule has 0 aromatic heterocycles. The Morgan fingerprint density at radius 2 is 1.77 bits per heavy atom. The minimum Gasteiger partial charge on any atom is -0.480 e. The first kappa shape index (κ1) is 24.4. The fourth-order valence-electron chi connectivity index (χ4n) is 2.55. The maximum Gasteiger partial charge on any atom is 0.394 e. The summed E-state index contributed by atoms with van der Waals surface area (Å²) in [5.41, 5.74) is 3.47. The van der Waals surface area contributed by atoms with Crippen LogP contribution < -0.4 is 5.73 Å². The number of likely N-dealkylation sites (tertiary alicyclic amines) is 1. The second-order valence-electron chi connectivity index (χ2n) is 6.17. The van der Waals surface area contributed by atoms with Gasteiger partial charge in [-0.15, -0.1) is 12.4 Å². The number of alkyl halides is 1. The maximum atomic E-state index is 11.2. The number of amides is 1. The molecule has 0 aliphatic carbocycles. The monoisotopic (exact) mass is 416 g/mol. The number of ether oxygens (including phenoxy) is 1. The van der Waals surface area contributed by atoms with Crippen LogP contribution in [0, 0.1) is 0 Å². The molecule has 2 aliphatic rings. The van der Waals surface area contributed by atoms with Crippen LogP contribution in [0.2, 0.25) is 0 Å². The van der Waals surface area contributed by atoms with Crippen molar-refractivity contribution in [2.24, 2.45) is 5.73 Å². The number of carboxylic acids is 3. The largest absolute Gasteiger partial charge is 0.480 e. The number of rotatable bonds is 2. The quantitative estimate of drug-likeness (QED) is 0.360. The van der Waals surface area contributed by atoms with Crippen LogP contribution in [0.3, 0.4) is 0 Å². The van der Waals surface area contributed by atoms with Gasteiger partial charge in [0, 0.05) is 13.0 Å². The first-order valence-corrected chi connectivity index (χ1v) is 7.89. The molecule has 0 saturated carbocycles. The predicted molar refractivity (Wildman–Crippen MR) is 91.3 cm³/mol. The van der Waals surface area contributed by atoms with E-state index in [1.807, 2.05) is 6.92 Å². The number of aliphatic carboxylic acids is 3. The van der Waals surface area contributed by atoms with Crippen LogP contribution in [-0.2, 0) is 23.9 Å². The van der Waals surface area contributed by atoms with Gasteiger partial charge in [0.15, 0.2) is 0 Å². The van der Waals surface area contributed by atoms with Gasteiger partial charge in [-0.05, 0) is 26.2 Å². The molecule has 5 N–H and O–H groups in total. The molecule has 0 aromatic carbocycles. The van der Waals surface area contributed by atoms with Gasteiger partial charge in [-0.1, -0.05) is 11.6 Å². The summed E-state index contributed by atoms with van der Waals surface area (Å²) in [4.78, 5) is 43.7. The Balaban J connectivity index is 0.000000583. The van der Waals surface area contributed by atoms with E-state index in [9.17, 15) is 19.2 Å². The zero-order valence-corrected chi connectivity index (χ0v) is 15.6. The minimum atomic E-state index is -1.94. The van der Waals surface area contributed by atoms with Gasteiger partial charge in [0.05, 0.1) is 6.54 Å². The molecule has 10 nitrogen and oxygen atoms in total. The molecule has 3 atom stereocenters. The van der Waals surface area contributed by atoms with Crippen LogP contribution in [0.5, 0.6) is 0 Å². The van der Waals surface area contributed by atoms with Crippen molar-refractivity contribution in [3.63, 3.8) is 0 Å². The number of nitrogens with zero attached hydrogens (tertiary/aromatic N) is 1. The standard InChI is InChI=1S/C8H10N2O7.C6H11ClO.ClH/c9-8(7(16)17)1-3(5(12)13)10(2-8)4(11)6(14)15;1-6(7)4-2-3-5-8-6;/h3H,1-2,9H2,(H,12,13)(H,14,15)(H,16,17);2-5H2,1H3;1H/t3-,8+;;/m0../s1. The van der Waals surface area contributed by atoms with Gasteiger partial charge < -0.3 is 30.7 Å². The summed E-state index contributed by atoms with van der Waals surface area (Å²) >= 11 is 5.85. The number of halogens is 2. The highest BCUT2D eigenvalue weighted by molar-refractivity contribution is 6.32. The third-order valence-electron chi connectivity index (χ3n) is 3.96. The fraction of sp³-hybridized carbons (Fsp3) is 0.714. The van der Waals surface area contributed by atoms with E-state index in [1.54, 1.807) is 0 Å². The van der Waals surface area contributed by atoms with Crippen molar-refractivity contribution in [2.45, 2.75) is 49.2 Å². The Labute approximate surface area is 160 Å². The molecule has 26 heavy (non-hydrogen) atoms. The van der Waals surface area contributed by atoms with Crippen molar-refractivity contribution >= 4 is 47.8 Å². The number of carbonyl (C=O) groups excluding carboxylic acids is 1. The highest BCUT2D eigenvalue weighted by Crippen LogP contribution is 2.27. The number of nitrogens with two attached hydrogens (primary N) is 1. The molecule has 0 bridgehead atoms. The lowest BCUT2D eigenvalue weighted by Crippen LogP contribution is -2.51. The number of carbonyl (C=O) groups is 4. The van der Waals surface area contributed by atoms with Gasteiger partial charge in [-0.2, -0.15) is 0 Å². The van der Waals surface area contributed by atoms with Crippen molar-refractivity contribution in [2.75, 3.05) is 13.2 Å². The molecular formula is C14H22Cl2N2O8. The van der Waals surface area contributed by atoms with Crippen LogP contribution in [0.25, 0.3) is 0 Å². The van der Waals surface area contributed by atoms with Gasteiger partial charge >= 0.3 is 23.8 Å². The molecule has 2 fully saturated rings. The summed E-state index contributed by atoms with van der Waals surface area (Å²) in [7, 11) is 0. The second kappa shape index (κ2) is 9.36. The second-order valence-corrected chi connectivity index (χ2v) is 6.96. The summed E-state index contributed by atoms with van der Waals surface area (Å²) < 4.78 is 5.23. The normalized spacial score (nSPS) is 30.4. The number of hydrogen-bond donors (Lipinski definition) is 4. The molecule has 150 valence electrons. The van der Waals surface area contributed by atoms with Crippen LogP contribution in [0.1, 0.15) is 32.6 Å². The molecule has 0 radical (unpaired) electrons. The molecule has 2 saturated heterocycles. The SMILES string of the molecule is CC1(Cl)CCCCO1.Cl.N[C@]1(C(=O)O)C[C@@H](C(=O)O)N(C(=O)C(=O)O)C1. The Morgan fingerprint density at radius 1 is 1.19 bits per heavy atom. The third-order valence-corrected chi connectivity index (χ3v) is 4.26. The molecule has 1 unspecified atom stereocenters. The van der Waals surface area contributed by atoms with E-state index in [0.717, 1.165) is 13.0 Å². The summed E-state index contributed by atoms with van der Waals surface area (Å²) in [5.74, 6) is -6.31. The Bertz CT molecular complexity index is 563. The average Bonchev–Trinajstić information content (AvgIpc) is 2.86. The van der Waals surface area contributed by atoms with Crippen LogP contribution in [0.15, 0.2) is 0 Å². The molecule has 1 amide bonds. The summed E-state index contributed by atoms with van der Waals surface area (Å²) in [6.07, 6.45) is 2.84. The molecule has 2 rings (SSSR count). The van der Waals surface area contributed by atoms with Crippen molar-refractivity contribution in [1.29, 1.82) is 0 Å². The highest BCUT2D eigenvalue weighted by Gasteiger charge is 2.52.